The van der Waals surface area contributed by atoms with Gasteiger partial charge in [0.15, 0.2) is 11.5 Å². The van der Waals surface area contributed by atoms with Gasteiger partial charge in [0.1, 0.15) is 5.82 Å². The molecule has 0 radical (unpaired) electrons. The summed E-state index contributed by atoms with van der Waals surface area (Å²) in [4.78, 5) is 11.2. The summed E-state index contributed by atoms with van der Waals surface area (Å²) in [5, 5.41) is 6.28. The Hall–Kier alpha value is -2.54. The van der Waals surface area contributed by atoms with Crippen LogP contribution in [0.25, 0.3) is 0 Å². The van der Waals surface area contributed by atoms with Crippen LogP contribution in [0, 0.1) is 6.92 Å². The Balaban J connectivity index is 1.62. The minimum absolute atomic E-state index is 0.587. The van der Waals surface area contributed by atoms with Crippen molar-refractivity contribution >= 4 is 17.5 Å². The molecule has 1 fully saturated rings. The molecule has 1 aromatic heterocycles. The number of nitrogens with one attached hydrogen (secondary N) is 2. The van der Waals surface area contributed by atoms with Crippen molar-refractivity contribution < 1.29 is 9.47 Å². The van der Waals surface area contributed by atoms with Crippen LogP contribution in [-0.4, -0.2) is 55.3 Å². The van der Waals surface area contributed by atoms with E-state index >= 15 is 0 Å². The van der Waals surface area contributed by atoms with E-state index in [0.29, 0.717) is 12.6 Å². The first-order valence-corrected chi connectivity index (χ1v) is 9.51. The predicted molar refractivity (Wildman–Crippen MR) is 108 cm³/mol. The summed E-state index contributed by atoms with van der Waals surface area (Å²) >= 11 is 0. The standard InChI is InChI=1S/C20H29N5O2/c1-15-13-19(24-20(21-2)22-15)23-16-7-8-17(26-3)18(14-16)27-12-6-11-25-9-4-5-10-25/h7-8,13-14H,4-6,9-12H2,1-3H3,(H2,21,22,23,24). The summed E-state index contributed by atoms with van der Waals surface area (Å²) in [5.41, 5.74) is 1.79. The van der Waals surface area contributed by atoms with Crippen molar-refractivity contribution in [3.63, 3.8) is 0 Å². The zero-order chi connectivity index (χ0) is 19.1. The van der Waals surface area contributed by atoms with Crippen molar-refractivity contribution in [1.82, 2.24) is 14.9 Å². The lowest BCUT2D eigenvalue weighted by molar-refractivity contribution is 0.254. The number of likely N-dealkylation sites (tertiary alicyclic amines) is 1. The second kappa shape index (κ2) is 9.41. The lowest BCUT2D eigenvalue weighted by Crippen LogP contribution is -2.21. The van der Waals surface area contributed by atoms with Crippen LogP contribution in [0.4, 0.5) is 17.5 Å². The number of aromatic nitrogens is 2. The zero-order valence-electron chi connectivity index (χ0n) is 16.4. The van der Waals surface area contributed by atoms with E-state index < -0.39 is 0 Å². The average Bonchev–Trinajstić information content (AvgIpc) is 3.18. The van der Waals surface area contributed by atoms with Gasteiger partial charge in [-0.2, -0.15) is 4.98 Å². The van der Waals surface area contributed by atoms with E-state index in [2.05, 4.69) is 25.5 Å². The molecule has 0 bridgehead atoms. The molecule has 0 saturated carbocycles. The number of ether oxygens (including phenoxy) is 2. The average molecular weight is 371 g/mol. The van der Waals surface area contributed by atoms with E-state index in [4.69, 9.17) is 9.47 Å². The Morgan fingerprint density at radius 2 is 1.93 bits per heavy atom. The molecule has 2 aromatic rings. The van der Waals surface area contributed by atoms with Crippen LogP contribution >= 0.6 is 0 Å². The largest absolute Gasteiger partial charge is 0.493 e. The quantitative estimate of drug-likeness (QED) is 0.654. The predicted octanol–water partition coefficient (Wildman–Crippen LogP) is 3.44. The number of anilines is 3. The van der Waals surface area contributed by atoms with Gasteiger partial charge in [-0.05, 0) is 51.4 Å². The van der Waals surface area contributed by atoms with Gasteiger partial charge in [0.2, 0.25) is 5.95 Å². The molecular formula is C20H29N5O2. The number of hydrogen-bond acceptors (Lipinski definition) is 7. The maximum atomic E-state index is 6.00. The number of rotatable bonds is 9. The van der Waals surface area contributed by atoms with E-state index in [1.807, 2.05) is 31.2 Å². The molecule has 1 saturated heterocycles. The number of hydrogen-bond donors (Lipinski definition) is 2. The van der Waals surface area contributed by atoms with Crippen LogP contribution in [-0.2, 0) is 0 Å². The minimum Gasteiger partial charge on any atom is -0.493 e. The monoisotopic (exact) mass is 371 g/mol. The first-order chi connectivity index (χ1) is 13.2. The fourth-order valence-corrected chi connectivity index (χ4v) is 3.24. The van der Waals surface area contributed by atoms with E-state index in [9.17, 15) is 0 Å². The molecule has 0 unspecified atom stereocenters. The molecule has 7 heteroatoms. The molecule has 0 amide bonds. The zero-order valence-corrected chi connectivity index (χ0v) is 16.4. The van der Waals surface area contributed by atoms with Crippen LogP contribution in [0.1, 0.15) is 25.0 Å². The van der Waals surface area contributed by atoms with Crippen LogP contribution < -0.4 is 20.1 Å². The minimum atomic E-state index is 0.587. The second-order valence-corrected chi connectivity index (χ2v) is 6.71. The van der Waals surface area contributed by atoms with Gasteiger partial charge in [0.05, 0.1) is 13.7 Å². The van der Waals surface area contributed by atoms with Crippen LogP contribution in [0.3, 0.4) is 0 Å². The molecular weight excluding hydrogens is 342 g/mol. The van der Waals surface area contributed by atoms with Crippen LogP contribution in [0.15, 0.2) is 24.3 Å². The highest BCUT2D eigenvalue weighted by Gasteiger charge is 2.11. The Bertz CT molecular complexity index is 747. The Morgan fingerprint density at radius 1 is 1.11 bits per heavy atom. The van der Waals surface area contributed by atoms with Crippen LogP contribution in [0.2, 0.25) is 0 Å². The van der Waals surface area contributed by atoms with E-state index in [-0.39, 0.29) is 0 Å². The smallest absolute Gasteiger partial charge is 0.224 e. The molecule has 1 aliphatic rings. The summed E-state index contributed by atoms with van der Waals surface area (Å²) in [6.07, 6.45) is 3.65. The van der Waals surface area contributed by atoms with E-state index in [1.165, 1.54) is 25.9 Å². The second-order valence-electron chi connectivity index (χ2n) is 6.71. The van der Waals surface area contributed by atoms with Crippen molar-refractivity contribution in [2.24, 2.45) is 0 Å². The third kappa shape index (κ3) is 5.47. The van der Waals surface area contributed by atoms with Crippen molar-refractivity contribution in [2.45, 2.75) is 26.2 Å². The normalized spacial score (nSPS) is 14.2. The SMILES string of the molecule is CNc1nc(C)cc(Nc2ccc(OC)c(OCCCN3CCCC3)c2)n1. The Kier molecular flexibility index (Phi) is 6.70. The van der Waals surface area contributed by atoms with Crippen molar-refractivity contribution in [1.29, 1.82) is 0 Å². The van der Waals surface area contributed by atoms with E-state index in [0.717, 1.165) is 41.7 Å². The molecule has 1 aliphatic heterocycles. The first kappa shape index (κ1) is 19.2. The summed E-state index contributed by atoms with van der Waals surface area (Å²) < 4.78 is 11.4. The fourth-order valence-electron chi connectivity index (χ4n) is 3.24. The van der Waals surface area contributed by atoms with Gasteiger partial charge in [-0.25, -0.2) is 4.98 Å². The molecule has 0 aliphatic carbocycles. The van der Waals surface area contributed by atoms with Gasteiger partial charge in [-0.1, -0.05) is 0 Å². The summed E-state index contributed by atoms with van der Waals surface area (Å²) in [6.45, 7) is 6.14. The number of benzene rings is 1. The van der Waals surface area contributed by atoms with Gasteiger partial charge in [0, 0.05) is 37.1 Å². The number of nitrogens with zero attached hydrogens (tertiary/aromatic N) is 3. The van der Waals surface area contributed by atoms with Crippen molar-refractivity contribution in [2.75, 3.05) is 51.0 Å². The molecule has 146 valence electrons. The highest BCUT2D eigenvalue weighted by atomic mass is 16.5. The Morgan fingerprint density at radius 3 is 2.67 bits per heavy atom. The van der Waals surface area contributed by atoms with Crippen molar-refractivity contribution in [3.05, 3.63) is 30.0 Å². The van der Waals surface area contributed by atoms with Gasteiger partial charge in [-0.3, -0.25) is 0 Å². The molecule has 7 nitrogen and oxygen atoms in total. The van der Waals surface area contributed by atoms with Crippen molar-refractivity contribution in [3.8, 4) is 11.5 Å². The number of methoxy groups -OCH3 is 1. The van der Waals surface area contributed by atoms with Gasteiger partial charge < -0.3 is 25.0 Å². The summed E-state index contributed by atoms with van der Waals surface area (Å²) in [6, 6.07) is 7.71. The molecule has 1 aromatic carbocycles. The number of aryl methyl sites for hydroxylation is 1. The van der Waals surface area contributed by atoms with Crippen LogP contribution in [0.5, 0.6) is 11.5 Å². The highest BCUT2D eigenvalue weighted by molar-refractivity contribution is 5.62. The van der Waals surface area contributed by atoms with Gasteiger partial charge in [-0.15, -0.1) is 0 Å². The lowest BCUT2D eigenvalue weighted by Gasteiger charge is -2.16. The summed E-state index contributed by atoms with van der Waals surface area (Å²) in [7, 11) is 3.46. The van der Waals surface area contributed by atoms with Gasteiger partial charge in [0.25, 0.3) is 0 Å². The molecule has 0 atom stereocenters. The maximum Gasteiger partial charge on any atom is 0.224 e. The maximum absolute atomic E-state index is 6.00. The third-order valence-electron chi connectivity index (χ3n) is 4.59. The first-order valence-electron chi connectivity index (χ1n) is 9.51. The lowest BCUT2D eigenvalue weighted by atomic mass is 10.2. The molecule has 0 spiro atoms. The van der Waals surface area contributed by atoms with E-state index in [1.54, 1.807) is 14.2 Å². The molecule has 2 N–H and O–H groups in total. The topological polar surface area (TPSA) is 71.5 Å². The third-order valence-corrected chi connectivity index (χ3v) is 4.59. The highest BCUT2D eigenvalue weighted by Crippen LogP contribution is 2.31. The molecule has 2 heterocycles. The van der Waals surface area contributed by atoms with Gasteiger partial charge >= 0.3 is 0 Å². The molecule has 27 heavy (non-hydrogen) atoms. The Labute approximate surface area is 161 Å². The molecule has 3 rings (SSSR count). The summed E-state index contributed by atoms with van der Waals surface area (Å²) in [5.74, 6) is 2.79. The fraction of sp³-hybridized carbons (Fsp3) is 0.500.